The Balaban J connectivity index is 2.08. The third-order valence-corrected chi connectivity index (χ3v) is 6.02. The molecular weight excluding hydrogens is 394 g/mol. The Labute approximate surface area is 185 Å². The van der Waals surface area contributed by atoms with Crippen LogP contribution in [0.3, 0.4) is 0 Å². The number of hydrogen-bond donors (Lipinski definition) is 2. The van der Waals surface area contributed by atoms with Gasteiger partial charge in [-0.2, -0.15) is 0 Å². The van der Waals surface area contributed by atoms with Gasteiger partial charge >= 0.3 is 0 Å². The Hall–Kier alpha value is -2.25. The molecule has 0 bridgehead atoms. The molecule has 1 heterocycles. The number of amides is 2. The summed E-state index contributed by atoms with van der Waals surface area (Å²) in [5.41, 5.74) is 0.501. The fraction of sp³-hybridized carbons (Fsp3) is 0.625. The lowest BCUT2D eigenvalue weighted by atomic mass is 9.91. The van der Waals surface area contributed by atoms with Crippen LogP contribution in [0.15, 0.2) is 30.3 Å². The third-order valence-electron chi connectivity index (χ3n) is 6.02. The van der Waals surface area contributed by atoms with Crippen molar-refractivity contribution in [3.05, 3.63) is 35.9 Å². The number of ketones is 1. The SMILES string of the molecule is CC(C)C(C)CC[C@H](NC(=O)c1ccccc1)C(=O)NC1C(=O)COC1CCN(C)C. The van der Waals surface area contributed by atoms with E-state index in [1.807, 2.05) is 25.1 Å². The molecule has 1 saturated heterocycles. The molecule has 2 rings (SSSR count). The molecule has 1 aromatic carbocycles. The molecule has 0 aromatic heterocycles. The number of hydrogen-bond acceptors (Lipinski definition) is 5. The highest BCUT2D eigenvalue weighted by Gasteiger charge is 2.38. The van der Waals surface area contributed by atoms with E-state index in [1.54, 1.807) is 24.3 Å². The molecule has 0 saturated carbocycles. The van der Waals surface area contributed by atoms with E-state index < -0.39 is 12.1 Å². The Morgan fingerprint density at radius 3 is 2.42 bits per heavy atom. The number of nitrogens with one attached hydrogen (secondary N) is 2. The molecule has 0 aliphatic carbocycles. The van der Waals surface area contributed by atoms with E-state index in [4.69, 9.17) is 4.74 Å². The predicted molar refractivity (Wildman–Crippen MR) is 121 cm³/mol. The standard InChI is InChI=1S/C24H37N3O4/c1-16(2)17(3)11-12-19(25-23(29)18-9-7-6-8-10-18)24(30)26-22-20(28)15-31-21(22)13-14-27(4)5/h6-10,16-17,19,21-22H,11-15H2,1-5H3,(H,25,29)(H,26,30)/t17?,19-,21?,22?/m0/s1. The molecule has 7 nitrogen and oxygen atoms in total. The van der Waals surface area contributed by atoms with Gasteiger partial charge in [0.15, 0.2) is 5.78 Å². The Morgan fingerprint density at radius 2 is 1.81 bits per heavy atom. The zero-order chi connectivity index (χ0) is 23.0. The van der Waals surface area contributed by atoms with Crippen molar-refractivity contribution in [1.82, 2.24) is 15.5 Å². The minimum absolute atomic E-state index is 0.00840. The van der Waals surface area contributed by atoms with Crippen LogP contribution in [0.2, 0.25) is 0 Å². The van der Waals surface area contributed by atoms with Crippen LogP contribution in [0.25, 0.3) is 0 Å². The maximum Gasteiger partial charge on any atom is 0.251 e. The van der Waals surface area contributed by atoms with Gasteiger partial charge in [0.2, 0.25) is 5.91 Å². The first-order chi connectivity index (χ1) is 14.7. The first-order valence-corrected chi connectivity index (χ1v) is 11.1. The second-order valence-corrected chi connectivity index (χ2v) is 9.08. The zero-order valence-corrected chi connectivity index (χ0v) is 19.4. The van der Waals surface area contributed by atoms with Crippen LogP contribution in [-0.4, -0.2) is 67.9 Å². The Bertz CT molecular complexity index is 736. The molecule has 7 heteroatoms. The molecule has 0 spiro atoms. The molecule has 1 aliphatic heterocycles. The molecule has 172 valence electrons. The molecule has 3 unspecified atom stereocenters. The maximum absolute atomic E-state index is 13.1. The normalized spacial score (nSPS) is 20.7. The van der Waals surface area contributed by atoms with Gasteiger partial charge in [0.1, 0.15) is 18.7 Å². The first kappa shape index (κ1) is 25.0. The summed E-state index contributed by atoms with van der Waals surface area (Å²) in [5.74, 6) is 0.137. The van der Waals surface area contributed by atoms with Crippen LogP contribution in [0, 0.1) is 11.8 Å². The highest BCUT2D eigenvalue weighted by atomic mass is 16.5. The smallest absolute Gasteiger partial charge is 0.251 e. The van der Waals surface area contributed by atoms with Crippen LogP contribution in [0.5, 0.6) is 0 Å². The van der Waals surface area contributed by atoms with Crippen LogP contribution in [0.1, 0.15) is 50.4 Å². The van der Waals surface area contributed by atoms with E-state index in [9.17, 15) is 14.4 Å². The van der Waals surface area contributed by atoms with Gasteiger partial charge in [-0.3, -0.25) is 14.4 Å². The zero-order valence-electron chi connectivity index (χ0n) is 19.4. The maximum atomic E-state index is 13.1. The van der Waals surface area contributed by atoms with Crippen LogP contribution in [-0.2, 0) is 14.3 Å². The number of nitrogens with zero attached hydrogens (tertiary/aromatic N) is 1. The van der Waals surface area contributed by atoms with Gasteiger partial charge in [-0.1, -0.05) is 39.0 Å². The van der Waals surface area contributed by atoms with Crippen molar-refractivity contribution in [2.45, 2.75) is 58.2 Å². The monoisotopic (exact) mass is 431 g/mol. The average molecular weight is 432 g/mol. The Morgan fingerprint density at radius 1 is 1.13 bits per heavy atom. The topological polar surface area (TPSA) is 87.7 Å². The van der Waals surface area contributed by atoms with Crippen LogP contribution in [0.4, 0.5) is 0 Å². The molecule has 31 heavy (non-hydrogen) atoms. The molecule has 1 aromatic rings. The highest BCUT2D eigenvalue weighted by Crippen LogP contribution is 2.19. The number of rotatable bonds is 11. The number of carbonyl (C=O) groups is 3. The molecular formula is C24H37N3O4. The van der Waals surface area contributed by atoms with Crippen molar-refractivity contribution in [3.63, 3.8) is 0 Å². The molecule has 1 fully saturated rings. The second kappa shape index (κ2) is 12.0. The van der Waals surface area contributed by atoms with Gasteiger partial charge in [0.25, 0.3) is 5.91 Å². The van der Waals surface area contributed by atoms with E-state index in [2.05, 4.69) is 31.4 Å². The number of ether oxygens (including phenoxy) is 1. The lowest BCUT2D eigenvalue weighted by Gasteiger charge is -2.25. The molecule has 1 aliphatic rings. The van der Waals surface area contributed by atoms with Crippen molar-refractivity contribution >= 4 is 17.6 Å². The summed E-state index contributed by atoms with van der Waals surface area (Å²) in [6, 6.07) is 7.45. The van der Waals surface area contributed by atoms with Crippen molar-refractivity contribution in [2.24, 2.45) is 11.8 Å². The van der Waals surface area contributed by atoms with Gasteiger partial charge in [0.05, 0.1) is 6.10 Å². The average Bonchev–Trinajstić information content (AvgIpc) is 3.08. The summed E-state index contributed by atoms with van der Waals surface area (Å²) in [6.07, 6.45) is 1.60. The second-order valence-electron chi connectivity index (χ2n) is 9.08. The number of benzene rings is 1. The largest absolute Gasteiger partial charge is 0.368 e. The van der Waals surface area contributed by atoms with Crippen LogP contribution >= 0.6 is 0 Å². The van der Waals surface area contributed by atoms with E-state index in [1.165, 1.54) is 0 Å². The minimum atomic E-state index is -0.711. The summed E-state index contributed by atoms with van der Waals surface area (Å²) in [5, 5.41) is 5.74. The lowest BCUT2D eigenvalue weighted by molar-refractivity contribution is -0.127. The molecule has 4 atom stereocenters. The van der Waals surface area contributed by atoms with E-state index >= 15 is 0 Å². The highest BCUT2D eigenvalue weighted by molar-refractivity contribution is 5.98. The first-order valence-electron chi connectivity index (χ1n) is 11.1. The number of Topliss-reactive ketones (excluding diaryl/α,β-unsaturated/α-hetero) is 1. The molecule has 0 radical (unpaired) electrons. The third kappa shape index (κ3) is 7.74. The van der Waals surface area contributed by atoms with Crippen molar-refractivity contribution in [3.8, 4) is 0 Å². The van der Waals surface area contributed by atoms with Gasteiger partial charge < -0.3 is 20.3 Å². The van der Waals surface area contributed by atoms with Gasteiger partial charge in [-0.05, 0) is 57.3 Å². The molecule has 2 N–H and O–H groups in total. The predicted octanol–water partition coefficient (Wildman–Crippen LogP) is 2.26. The Kier molecular flexibility index (Phi) is 9.65. The fourth-order valence-electron chi connectivity index (χ4n) is 3.51. The van der Waals surface area contributed by atoms with Gasteiger partial charge in [0, 0.05) is 12.1 Å². The van der Waals surface area contributed by atoms with Crippen molar-refractivity contribution in [1.29, 1.82) is 0 Å². The van der Waals surface area contributed by atoms with Crippen molar-refractivity contribution in [2.75, 3.05) is 27.2 Å². The van der Waals surface area contributed by atoms with Gasteiger partial charge in [-0.15, -0.1) is 0 Å². The van der Waals surface area contributed by atoms with E-state index in [-0.39, 0.29) is 30.3 Å². The quantitative estimate of drug-likeness (QED) is 0.561. The summed E-state index contributed by atoms with van der Waals surface area (Å²) in [6.45, 7) is 7.20. The summed E-state index contributed by atoms with van der Waals surface area (Å²) in [4.78, 5) is 40.2. The summed E-state index contributed by atoms with van der Waals surface area (Å²) < 4.78 is 5.61. The lowest BCUT2D eigenvalue weighted by Crippen LogP contribution is -2.53. The van der Waals surface area contributed by atoms with Crippen molar-refractivity contribution < 1.29 is 19.1 Å². The van der Waals surface area contributed by atoms with E-state index in [0.717, 1.165) is 13.0 Å². The minimum Gasteiger partial charge on any atom is -0.368 e. The van der Waals surface area contributed by atoms with E-state index in [0.29, 0.717) is 30.2 Å². The number of carbonyl (C=O) groups excluding carboxylic acids is 3. The summed E-state index contributed by atoms with van der Waals surface area (Å²) >= 11 is 0. The van der Waals surface area contributed by atoms with Gasteiger partial charge in [-0.25, -0.2) is 0 Å². The summed E-state index contributed by atoms with van der Waals surface area (Å²) in [7, 11) is 3.91. The van der Waals surface area contributed by atoms with Crippen LogP contribution < -0.4 is 10.6 Å². The fourth-order valence-corrected chi connectivity index (χ4v) is 3.51. The molecule has 2 amide bonds.